The Kier molecular flexibility index (Phi) is 4.49. The summed E-state index contributed by atoms with van der Waals surface area (Å²) in [4.78, 5) is 12.7. The van der Waals surface area contributed by atoms with E-state index in [-0.39, 0.29) is 5.91 Å². The normalized spacial score (nSPS) is 12.7. The minimum absolute atomic E-state index is 0.193. The third-order valence-electron chi connectivity index (χ3n) is 4.47. The molecule has 1 aromatic heterocycles. The van der Waals surface area contributed by atoms with Crippen LogP contribution in [-0.4, -0.2) is 28.8 Å². The molecule has 0 radical (unpaired) electrons. The first-order chi connectivity index (χ1) is 13.0. The maximum absolute atomic E-state index is 12.7. The minimum Gasteiger partial charge on any atom is -0.490 e. The van der Waals surface area contributed by atoms with E-state index in [1.807, 2.05) is 44.2 Å². The van der Waals surface area contributed by atoms with Crippen LogP contribution < -0.4 is 15.4 Å². The minimum atomic E-state index is -0.193. The van der Waals surface area contributed by atoms with Crippen LogP contribution in [-0.2, 0) is 0 Å². The largest absolute Gasteiger partial charge is 0.490 e. The molecule has 0 atom stereocenters. The van der Waals surface area contributed by atoms with Gasteiger partial charge in [-0.25, -0.2) is 4.68 Å². The Bertz CT molecular complexity index is 1030. The number of amides is 1. The summed E-state index contributed by atoms with van der Waals surface area (Å²) in [7, 11) is 0. The molecule has 2 heterocycles. The molecule has 2 aromatic carbocycles. The standard InChI is InChI=1S/C20H19ClN4O2/c1-12-19(21)13(2)25(24-12)16-5-3-4-14(10-16)20(26)23-15-6-7-18-17(11-15)22-8-9-27-18/h3-7,10-11,22H,8-9H2,1-2H3,(H,23,26). The molecule has 0 saturated heterocycles. The smallest absolute Gasteiger partial charge is 0.255 e. The lowest BCUT2D eigenvalue weighted by Crippen LogP contribution is -2.18. The van der Waals surface area contributed by atoms with E-state index in [4.69, 9.17) is 16.3 Å². The van der Waals surface area contributed by atoms with Crippen molar-refractivity contribution in [1.29, 1.82) is 0 Å². The van der Waals surface area contributed by atoms with E-state index >= 15 is 0 Å². The van der Waals surface area contributed by atoms with Crippen LogP contribution in [0.5, 0.6) is 5.75 Å². The Hall–Kier alpha value is -2.99. The molecule has 0 bridgehead atoms. The molecule has 0 aliphatic carbocycles. The van der Waals surface area contributed by atoms with E-state index in [0.29, 0.717) is 22.9 Å². The summed E-state index contributed by atoms with van der Waals surface area (Å²) in [6, 6.07) is 12.8. The third kappa shape index (κ3) is 3.36. The second kappa shape index (κ2) is 6.96. The SMILES string of the molecule is Cc1nn(-c2cccc(C(=O)Nc3ccc4c(c3)NCCO4)c2)c(C)c1Cl. The zero-order chi connectivity index (χ0) is 19.0. The number of halogens is 1. The van der Waals surface area contributed by atoms with Gasteiger partial charge in [0.05, 0.1) is 27.8 Å². The van der Waals surface area contributed by atoms with Crippen LogP contribution >= 0.6 is 11.6 Å². The van der Waals surface area contributed by atoms with Crippen LogP contribution in [0.15, 0.2) is 42.5 Å². The molecule has 7 heteroatoms. The summed E-state index contributed by atoms with van der Waals surface area (Å²) in [5, 5.41) is 11.3. The predicted octanol–water partition coefficient (Wildman–Crippen LogP) is 4.20. The van der Waals surface area contributed by atoms with E-state index in [1.54, 1.807) is 16.8 Å². The van der Waals surface area contributed by atoms with Crippen molar-refractivity contribution in [1.82, 2.24) is 9.78 Å². The van der Waals surface area contributed by atoms with Gasteiger partial charge in [0, 0.05) is 17.8 Å². The van der Waals surface area contributed by atoms with Crippen molar-refractivity contribution in [2.24, 2.45) is 0 Å². The van der Waals surface area contributed by atoms with Gasteiger partial charge in [0.1, 0.15) is 12.4 Å². The van der Waals surface area contributed by atoms with Crippen molar-refractivity contribution in [2.75, 3.05) is 23.8 Å². The molecule has 4 rings (SSSR count). The summed E-state index contributed by atoms with van der Waals surface area (Å²) in [6.45, 7) is 5.15. The van der Waals surface area contributed by atoms with Crippen LogP contribution in [0.3, 0.4) is 0 Å². The van der Waals surface area contributed by atoms with Gasteiger partial charge in [-0.3, -0.25) is 4.79 Å². The average Bonchev–Trinajstić information content (AvgIpc) is 2.95. The molecule has 1 amide bonds. The van der Waals surface area contributed by atoms with Crippen molar-refractivity contribution >= 4 is 28.9 Å². The van der Waals surface area contributed by atoms with Crippen molar-refractivity contribution in [2.45, 2.75) is 13.8 Å². The van der Waals surface area contributed by atoms with Crippen molar-refractivity contribution < 1.29 is 9.53 Å². The fourth-order valence-electron chi connectivity index (χ4n) is 3.08. The summed E-state index contributed by atoms with van der Waals surface area (Å²) >= 11 is 6.24. The number of rotatable bonds is 3. The van der Waals surface area contributed by atoms with Gasteiger partial charge in [0.2, 0.25) is 0 Å². The van der Waals surface area contributed by atoms with Crippen LogP contribution in [0.25, 0.3) is 5.69 Å². The molecular formula is C20H19ClN4O2. The number of hydrogen-bond acceptors (Lipinski definition) is 4. The molecule has 0 saturated carbocycles. The average molecular weight is 383 g/mol. The molecule has 0 spiro atoms. The Morgan fingerprint density at radius 3 is 2.89 bits per heavy atom. The first-order valence-electron chi connectivity index (χ1n) is 8.67. The Balaban J connectivity index is 1.58. The number of anilines is 2. The number of nitrogens with zero attached hydrogens (tertiary/aromatic N) is 2. The van der Waals surface area contributed by atoms with Gasteiger partial charge in [0.25, 0.3) is 5.91 Å². The number of benzene rings is 2. The number of carbonyl (C=O) groups is 1. The topological polar surface area (TPSA) is 68.2 Å². The van der Waals surface area contributed by atoms with Crippen LogP contribution in [0.1, 0.15) is 21.7 Å². The summed E-state index contributed by atoms with van der Waals surface area (Å²) < 4.78 is 7.30. The molecule has 27 heavy (non-hydrogen) atoms. The zero-order valence-corrected chi connectivity index (χ0v) is 15.8. The molecule has 138 valence electrons. The lowest BCUT2D eigenvalue weighted by Gasteiger charge is -2.19. The molecule has 1 aliphatic heterocycles. The van der Waals surface area contributed by atoms with Crippen molar-refractivity contribution in [3.63, 3.8) is 0 Å². The highest BCUT2D eigenvalue weighted by atomic mass is 35.5. The fraction of sp³-hybridized carbons (Fsp3) is 0.200. The van der Waals surface area contributed by atoms with Gasteiger partial charge >= 0.3 is 0 Å². The maximum Gasteiger partial charge on any atom is 0.255 e. The number of aryl methyl sites for hydroxylation is 1. The molecule has 0 fully saturated rings. The van der Waals surface area contributed by atoms with Gasteiger partial charge in [-0.15, -0.1) is 0 Å². The Morgan fingerprint density at radius 2 is 2.11 bits per heavy atom. The number of aromatic nitrogens is 2. The first kappa shape index (κ1) is 17.4. The van der Waals surface area contributed by atoms with Gasteiger partial charge in [0.15, 0.2) is 0 Å². The number of hydrogen-bond donors (Lipinski definition) is 2. The monoisotopic (exact) mass is 382 g/mol. The van der Waals surface area contributed by atoms with E-state index in [0.717, 1.165) is 35.1 Å². The van der Waals surface area contributed by atoms with Crippen LogP contribution in [0.2, 0.25) is 5.02 Å². The lowest BCUT2D eigenvalue weighted by atomic mass is 10.1. The van der Waals surface area contributed by atoms with Gasteiger partial charge in [-0.1, -0.05) is 17.7 Å². The number of carbonyl (C=O) groups excluding carboxylic acids is 1. The summed E-state index contributed by atoms with van der Waals surface area (Å²) in [5.41, 5.74) is 4.51. The fourth-order valence-corrected chi connectivity index (χ4v) is 3.19. The molecule has 6 nitrogen and oxygen atoms in total. The Morgan fingerprint density at radius 1 is 1.26 bits per heavy atom. The molecule has 2 N–H and O–H groups in total. The highest BCUT2D eigenvalue weighted by Crippen LogP contribution is 2.30. The quantitative estimate of drug-likeness (QED) is 0.712. The molecule has 3 aromatic rings. The molecular weight excluding hydrogens is 364 g/mol. The van der Waals surface area contributed by atoms with E-state index in [9.17, 15) is 4.79 Å². The maximum atomic E-state index is 12.7. The number of ether oxygens (including phenoxy) is 1. The van der Waals surface area contributed by atoms with Gasteiger partial charge < -0.3 is 15.4 Å². The van der Waals surface area contributed by atoms with E-state index in [1.165, 1.54) is 0 Å². The highest BCUT2D eigenvalue weighted by molar-refractivity contribution is 6.31. The van der Waals surface area contributed by atoms with Crippen LogP contribution in [0, 0.1) is 13.8 Å². The summed E-state index contributed by atoms with van der Waals surface area (Å²) in [5.74, 6) is 0.601. The highest BCUT2D eigenvalue weighted by Gasteiger charge is 2.14. The predicted molar refractivity (Wildman–Crippen MR) is 106 cm³/mol. The van der Waals surface area contributed by atoms with Gasteiger partial charge in [-0.2, -0.15) is 5.10 Å². The van der Waals surface area contributed by atoms with E-state index < -0.39 is 0 Å². The van der Waals surface area contributed by atoms with Crippen molar-refractivity contribution in [3.05, 3.63) is 64.4 Å². The number of fused-ring (bicyclic) bond motifs is 1. The Labute approximate surface area is 162 Å². The lowest BCUT2D eigenvalue weighted by molar-refractivity contribution is 0.102. The molecule has 0 unspecified atom stereocenters. The van der Waals surface area contributed by atoms with E-state index in [2.05, 4.69) is 15.7 Å². The first-order valence-corrected chi connectivity index (χ1v) is 9.05. The van der Waals surface area contributed by atoms with Crippen LogP contribution in [0.4, 0.5) is 11.4 Å². The van der Waals surface area contributed by atoms with Crippen molar-refractivity contribution in [3.8, 4) is 11.4 Å². The number of nitrogens with one attached hydrogen (secondary N) is 2. The second-order valence-electron chi connectivity index (χ2n) is 6.39. The zero-order valence-electron chi connectivity index (χ0n) is 15.0. The second-order valence-corrected chi connectivity index (χ2v) is 6.77. The summed E-state index contributed by atoms with van der Waals surface area (Å²) in [6.07, 6.45) is 0. The molecule has 1 aliphatic rings. The van der Waals surface area contributed by atoms with Gasteiger partial charge in [-0.05, 0) is 50.2 Å². The third-order valence-corrected chi connectivity index (χ3v) is 5.02.